The van der Waals surface area contributed by atoms with Gasteiger partial charge in [0.05, 0.1) is 6.10 Å². The summed E-state index contributed by atoms with van der Waals surface area (Å²) in [6, 6.07) is 0. The van der Waals surface area contributed by atoms with E-state index in [2.05, 4.69) is 13.8 Å². The van der Waals surface area contributed by atoms with Gasteiger partial charge in [-0.25, -0.2) is 4.79 Å². The molecule has 0 amide bonds. The Morgan fingerprint density at radius 1 is 1.14 bits per heavy atom. The number of ketones is 1. The highest BCUT2D eigenvalue weighted by atomic mass is 16.6. The van der Waals surface area contributed by atoms with Crippen molar-refractivity contribution in [1.82, 2.24) is 0 Å². The zero-order chi connectivity index (χ0) is 21.4. The molecule has 0 aromatic rings. The molecule has 5 nitrogen and oxygen atoms in total. The summed E-state index contributed by atoms with van der Waals surface area (Å²) in [7, 11) is 0. The number of esters is 1. The molecule has 1 fully saturated rings. The highest BCUT2D eigenvalue weighted by Crippen LogP contribution is 2.67. The molecular weight excluding hydrogens is 368 g/mol. The van der Waals surface area contributed by atoms with E-state index in [0.29, 0.717) is 24.8 Å². The third-order valence-corrected chi connectivity index (χ3v) is 8.79. The summed E-state index contributed by atoms with van der Waals surface area (Å²) in [4.78, 5) is 24.4. The van der Waals surface area contributed by atoms with Crippen molar-refractivity contribution in [2.75, 3.05) is 0 Å². The number of Topliss-reactive ketones (excluding diaryl/α,β-unsaturated/α-hetero) is 1. The number of hydrogen-bond acceptors (Lipinski definition) is 5. The van der Waals surface area contributed by atoms with Gasteiger partial charge in [-0.3, -0.25) is 4.79 Å². The van der Waals surface area contributed by atoms with Gasteiger partial charge in [0.15, 0.2) is 0 Å². The van der Waals surface area contributed by atoms with Gasteiger partial charge in [-0.05, 0) is 75.5 Å². The molecule has 5 atom stereocenters. The molecule has 2 N–H and O–H groups in total. The molecule has 0 aromatic carbocycles. The molecule has 4 rings (SSSR count). The van der Waals surface area contributed by atoms with Crippen LogP contribution >= 0.6 is 0 Å². The van der Waals surface area contributed by atoms with Crippen LogP contribution in [-0.4, -0.2) is 39.3 Å². The van der Waals surface area contributed by atoms with E-state index in [1.807, 2.05) is 6.08 Å². The Morgan fingerprint density at radius 2 is 1.83 bits per heavy atom. The summed E-state index contributed by atoms with van der Waals surface area (Å²) in [5.41, 5.74) is -0.263. The highest BCUT2D eigenvalue weighted by molar-refractivity contribution is 5.84. The Labute approximate surface area is 172 Å². The molecule has 1 heterocycles. The van der Waals surface area contributed by atoms with Crippen LogP contribution in [0.2, 0.25) is 0 Å². The van der Waals surface area contributed by atoms with Crippen LogP contribution in [-0.2, 0) is 14.3 Å². The molecule has 5 heteroatoms. The molecule has 0 bridgehead atoms. The molecule has 0 saturated heterocycles. The molecular formula is C24H32O5. The number of rotatable bonds is 1. The van der Waals surface area contributed by atoms with E-state index in [-0.39, 0.29) is 17.1 Å². The molecule has 1 saturated carbocycles. The Kier molecular flexibility index (Phi) is 4.35. The molecule has 0 radical (unpaired) electrons. The number of carbonyl (C=O) groups excluding carboxylic acids is 2. The topological polar surface area (TPSA) is 83.8 Å². The summed E-state index contributed by atoms with van der Waals surface area (Å²) < 4.78 is 5.55. The fourth-order valence-electron chi connectivity index (χ4n) is 6.63. The van der Waals surface area contributed by atoms with Crippen LogP contribution in [0, 0.1) is 16.7 Å². The number of fused-ring (bicyclic) bond motifs is 3. The van der Waals surface area contributed by atoms with Crippen molar-refractivity contribution in [2.45, 2.75) is 84.0 Å². The van der Waals surface area contributed by atoms with Crippen LogP contribution in [0.4, 0.5) is 0 Å². The molecule has 29 heavy (non-hydrogen) atoms. The molecule has 3 aliphatic carbocycles. The lowest BCUT2D eigenvalue weighted by molar-refractivity contribution is -0.173. The zero-order valence-corrected chi connectivity index (χ0v) is 18.0. The number of allylic oxidation sites excluding steroid dienone is 2. The first-order valence-electron chi connectivity index (χ1n) is 10.6. The fourth-order valence-corrected chi connectivity index (χ4v) is 6.63. The normalized spacial score (nSPS) is 43.4. The Bertz CT molecular complexity index is 878. The minimum absolute atomic E-state index is 0.145. The lowest BCUT2D eigenvalue weighted by Crippen LogP contribution is -2.53. The minimum atomic E-state index is -1.32. The number of cyclic esters (lactones) is 1. The fraction of sp³-hybridized carbons (Fsp3) is 0.667. The second kappa shape index (κ2) is 6.14. The van der Waals surface area contributed by atoms with Gasteiger partial charge in [-0.15, -0.1) is 0 Å². The van der Waals surface area contributed by atoms with Gasteiger partial charge in [-0.2, -0.15) is 0 Å². The summed E-state index contributed by atoms with van der Waals surface area (Å²) in [6.07, 6.45) is 7.54. The monoisotopic (exact) mass is 400 g/mol. The molecule has 1 aliphatic heterocycles. The van der Waals surface area contributed by atoms with Crippen molar-refractivity contribution >= 4 is 11.8 Å². The van der Waals surface area contributed by atoms with Crippen molar-refractivity contribution < 1.29 is 24.5 Å². The maximum absolute atomic E-state index is 12.4. The lowest BCUT2D eigenvalue weighted by Gasteiger charge is -2.51. The Balaban J connectivity index is 1.86. The Hall–Kier alpha value is -1.72. The summed E-state index contributed by atoms with van der Waals surface area (Å²) in [5.74, 6) is -0.463. The first-order valence-corrected chi connectivity index (χ1v) is 10.6. The SMILES string of the molecule is CC(=O)[C@H]1C[C@@H](O)[C@@]2(C)C3=C(C=C4C=CC(=O)OC(C)(C)[C@]4(O)CC3)CC[C@]12C. The third-order valence-electron chi connectivity index (χ3n) is 8.79. The summed E-state index contributed by atoms with van der Waals surface area (Å²) >= 11 is 0. The largest absolute Gasteiger partial charge is 0.453 e. The number of aliphatic hydroxyl groups excluding tert-OH is 1. The molecule has 0 spiro atoms. The van der Waals surface area contributed by atoms with Gasteiger partial charge < -0.3 is 14.9 Å². The molecule has 0 aromatic heterocycles. The number of ether oxygens (including phenoxy) is 1. The van der Waals surface area contributed by atoms with Crippen molar-refractivity contribution in [3.63, 3.8) is 0 Å². The zero-order valence-electron chi connectivity index (χ0n) is 18.0. The predicted molar refractivity (Wildman–Crippen MR) is 109 cm³/mol. The average Bonchev–Trinajstić information content (AvgIpc) is 2.71. The van der Waals surface area contributed by atoms with Gasteiger partial charge in [0.2, 0.25) is 0 Å². The summed E-state index contributed by atoms with van der Waals surface area (Å²) in [5, 5.41) is 22.8. The maximum atomic E-state index is 12.4. The quantitative estimate of drug-likeness (QED) is 0.659. The first kappa shape index (κ1) is 20.5. The van der Waals surface area contributed by atoms with Crippen LogP contribution in [0.3, 0.4) is 0 Å². The summed E-state index contributed by atoms with van der Waals surface area (Å²) in [6.45, 7) is 9.38. The van der Waals surface area contributed by atoms with Crippen LogP contribution in [0.15, 0.2) is 34.9 Å². The van der Waals surface area contributed by atoms with Crippen molar-refractivity contribution in [3.05, 3.63) is 34.9 Å². The van der Waals surface area contributed by atoms with E-state index in [4.69, 9.17) is 4.74 Å². The smallest absolute Gasteiger partial charge is 0.331 e. The number of hydrogen-bond donors (Lipinski definition) is 2. The molecule has 0 unspecified atom stereocenters. The average molecular weight is 401 g/mol. The van der Waals surface area contributed by atoms with Gasteiger partial charge in [0.25, 0.3) is 0 Å². The minimum Gasteiger partial charge on any atom is -0.453 e. The lowest BCUT2D eigenvalue weighted by atomic mass is 9.53. The van der Waals surface area contributed by atoms with E-state index in [1.54, 1.807) is 26.8 Å². The van der Waals surface area contributed by atoms with E-state index >= 15 is 0 Å². The second-order valence-corrected chi connectivity index (χ2v) is 10.3. The molecule has 158 valence electrons. The van der Waals surface area contributed by atoms with Gasteiger partial charge in [0.1, 0.15) is 17.0 Å². The molecule has 4 aliphatic rings. The maximum Gasteiger partial charge on any atom is 0.331 e. The number of aliphatic hydroxyl groups is 2. The third kappa shape index (κ3) is 2.53. The second-order valence-electron chi connectivity index (χ2n) is 10.3. The van der Waals surface area contributed by atoms with E-state index in [1.165, 1.54) is 6.08 Å². The Morgan fingerprint density at radius 3 is 2.48 bits per heavy atom. The van der Waals surface area contributed by atoms with Gasteiger partial charge >= 0.3 is 5.97 Å². The van der Waals surface area contributed by atoms with Gasteiger partial charge in [0, 0.05) is 17.4 Å². The predicted octanol–water partition coefficient (Wildman–Crippen LogP) is 3.40. The first-order chi connectivity index (χ1) is 13.4. The van der Waals surface area contributed by atoms with Crippen molar-refractivity contribution in [3.8, 4) is 0 Å². The standard InChI is InChI=1S/C24H32O5/c1-14(25)18-13-19(26)23(5)17-9-11-24(28)16(6-7-20(27)29-21(24,2)3)12-15(17)8-10-22(18,23)4/h6-7,12,18-19,26,28H,8-11,13H2,1-5H3/t18-,19-,22-,23-,24+/m1/s1. The number of carbonyl (C=O) groups is 2. The van der Waals surface area contributed by atoms with E-state index in [9.17, 15) is 19.8 Å². The van der Waals surface area contributed by atoms with Crippen LogP contribution in [0.25, 0.3) is 0 Å². The van der Waals surface area contributed by atoms with Crippen LogP contribution in [0.1, 0.15) is 66.7 Å². The van der Waals surface area contributed by atoms with E-state index < -0.39 is 28.7 Å². The van der Waals surface area contributed by atoms with Gasteiger partial charge in [-0.1, -0.05) is 25.5 Å². The van der Waals surface area contributed by atoms with Crippen molar-refractivity contribution in [1.29, 1.82) is 0 Å². The van der Waals surface area contributed by atoms with Crippen LogP contribution in [0.5, 0.6) is 0 Å². The van der Waals surface area contributed by atoms with Crippen LogP contribution < -0.4 is 0 Å². The highest BCUT2D eigenvalue weighted by Gasteiger charge is 2.64. The van der Waals surface area contributed by atoms with Crippen molar-refractivity contribution in [2.24, 2.45) is 16.7 Å². The van der Waals surface area contributed by atoms with E-state index in [0.717, 1.165) is 24.0 Å².